The predicted molar refractivity (Wildman–Crippen MR) is 224 cm³/mol. The van der Waals surface area contributed by atoms with Crippen molar-refractivity contribution >= 4 is 59.3 Å². The van der Waals surface area contributed by atoms with Crippen molar-refractivity contribution in [1.29, 1.82) is 0 Å². The molecule has 1 aromatic heterocycles. The van der Waals surface area contributed by atoms with Crippen LogP contribution in [0.4, 0.5) is 17.1 Å². The Morgan fingerprint density at radius 3 is 2.27 bits per heavy atom. The molecule has 1 heterocycles. The fourth-order valence-corrected chi connectivity index (χ4v) is 11.1. The van der Waals surface area contributed by atoms with E-state index in [9.17, 15) is 0 Å². The fourth-order valence-electron chi connectivity index (χ4n) is 9.93. The lowest BCUT2D eigenvalue weighted by Gasteiger charge is -2.46. The van der Waals surface area contributed by atoms with Gasteiger partial charge >= 0.3 is 0 Å². The van der Waals surface area contributed by atoms with Gasteiger partial charge in [-0.3, -0.25) is 0 Å². The third-order valence-corrected chi connectivity index (χ3v) is 13.4. The molecular weight excluding hydrogens is 647 g/mol. The van der Waals surface area contributed by atoms with Gasteiger partial charge in [-0.05, 0) is 117 Å². The van der Waals surface area contributed by atoms with Crippen molar-refractivity contribution in [3.63, 3.8) is 0 Å². The number of allylic oxidation sites excluding steroid dienone is 1. The molecule has 1 saturated carbocycles. The van der Waals surface area contributed by atoms with E-state index in [0.717, 1.165) is 17.8 Å². The highest BCUT2D eigenvalue weighted by Gasteiger charge is 2.52. The first-order valence-corrected chi connectivity index (χ1v) is 19.6. The summed E-state index contributed by atoms with van der Waals surface area (Å²) in [6, 6.07) is 56.5. The third kappa shape index (κ3) is 4.53. The Morgan fingerprint density at radius 2 is 1.40 bits per heavy atom. The van der Waals surface area contributed by atoms with Gasteiger partial charge in [-0.15, -0.1) is 11.3 Å². The number of fused-ring (bicyclic) bond motifs is 9. The van der Waals surface area contributed by atoms with Crippen LogP contribution < -0.4 is 4.90 Å². The van der Waals surface area contributed by atoms with Gasteiger partial charge < -0.3 is 4.90 Å². The molecule has 0 N–H and O–H groups in total. The average Bonchev–Trinajstić information content (AvgIpc) is 3.72. The van der Waals surface area contributed by atoms with Crippen LogP contribution in [0.15, 0.2) is 164 Å². The molecule has 1 spiro atoms. The quantitative estimate of drug-likeness (QED) is 0.163. The summed E-state index contributed by atoms with van der Waals surface area (Å²) in [4.78, 5) is 2.44. The molecule has 3 atom stereocenters. The Kier molecular flexibility index (Phi) is 7.27. The summed E-state index contributed by atoms with van der Waals surface area (Å²) < 4.78 is 2.62. The highest BCUT2D eigenvalue weighted by Crippen LogP contribution is 2.62. The molecule has 10 rings (SSSR count). The molecule has 0 saturated heterocycles. The van der Waals surface area contributed by atoms with Gasteiger partial charge in [-0.1, -0.05) is 136 Å². The van der Waals surface area contributed by atoms with Crippen molar-refractivity contribution < 1.29 is 0 Å². The van der Waals surface area contributed by atoms with E-state index >= 15 is 0 Å². The van der Waals surface area contributed by atoms with E-state index < -0.39 is 0 Å². The second kappa shape index (κ2) is 12.1. The summed E-state index contributed by atoms with van der Waals surface area (Å²) in [5.41, 5.74) is 13.0. The van der Waals surface area contributed by atoms with E-state index in [2.05, 4.69) is 170 Å². The molecule has 0 radical (unpaired) electrons. The van der Waals surface area contributed by atoms with Crippen LogP contribution in [0.3, 0.4) is 0 Å². The van der Waals surface area contributed by atoms with Gasteiger partial charge in [-0.2, -0.15) is 0 Å². The molecule has 2 aliphatic carbocycles. The molecule has 0 bridgehead atoms. The molecule has 3 unspecified atom stereocenters. The second-order valence-electron chi connectivity index (χ2n) is 15.0. The van der Waals surface area contributed by atoms with Crippen LogP contribution >= 0.6 is 11.3 Å². The van der Waals surface area contributed by atoms with Crippen LogP contribution in [-0.4, -0.2) is 0 Å². The summed E-state index contributed by atoms with van der Waals surface area (Å²) >= 11 is 1.87. The molecule has 2 heteroatoms. The minimum atomic E-state index is -0.138. The van der Waals surface area contributed by atoms with E-state index in [-0.39, 0.29) is 5.41 Å². The van der Waals surface area contributed by atoms with Crippen LogP contribution in [0.1, 0.15) is 44.2 Å². The maximum atomic E-state index is 4.84. The maximum Gasteiger partial charge on any atom is 0.0554 e. The lowest BCUT2D eigenvalue weighted by Crippen LogP contribution is -2.40. The number of rotatable bonds is 5. The Morgan fingerprint density at radius 1 is 0.673 bits per heavy atom. The topological polar surface area (TPSA) is 3.24 Å². The summed E-state index contributed by atoms with van der Waals surface area (Å²) in [5.74, 6) is 1.20. The van der Waals surface area contributed by atoms with Crippen molar-refractivity contribution in [2.75, 3.05) is 4.90 Å². The SMILES string of the molecule is C=C1CC(CC)CC(C)C12c1ccccc1-c1c(-c3ccc4ccc(N(c5ccccc5)c5cccc6sc7ccccc7c56)cc4c3)cccc12. The smallest absolute Gasteiger partial charge is 0.0554 e. The lowest BCUT2D eigenvalue weighted by molar-refractivity contribution is 0.248. The van der Waals surface area contributed by atoms with Crippen molar-refractivity contribution in [2.45, 2.75) is 38.5 Å². The molecule has 0 aliphatic heterocycles. The van der Waals surface area contributed by atoms with Gasteiger partial charge in [0.2, 0.25) is 0 Å². The number of anilines is 3. The van der Waals surface area contributed by atoms with Crippen LogP contribution in [0.5, 0.6) is 0 Å². The Balaban J connectivity index is 1.15. The average molecular weight is 688 g/mol. The maximum absolute atomic E-state index is 4.84. The highest BCUT2D eigenvalue weighted by molar-refractivity contribution is 7.26. The van der Waals surface area contributed by atoms with Gasteiger partial charge in [0, 0.05) is 37.0 Å². The number of hydrogen-bond acceptors (Lipinski definition) is 2. The minimum absolute atomic E-state index is 0.138. The monoisotopic (exact) mass is 687 g/mol. The Labute approximate surface area is 310 Å². The van der Waals surface area contributed by atoms with Crippen LogP contribution in [0.2, 0.25) is 0 Å². The van der Waals surface area contributed by atoms with Gasteiger partial charge in [-0.25, -0.2) is 0 Å². The van der Waals surface area contributed by atoms with Crippen molar-refractivity contribution in [3.05, 3.63) is 175 Å². The molecular formula is C50H41NS. The van der Waals surface area contributed by atoms with Gasteiger partial charge in [0.25, 0.3) is 0 Å². The van der Waals surface area contributed by atoms with Gasteiger partial charge in [0.1, 0.15) is 0 Å². The zero-order valence-corrected chi connectivity index (χ0v) is 30.6. The molecule has 0 amide bonds. The highest BCUT2D eigenvalue weighted by atomic mass is 32.1. The summed E-state index contributed by atoms with van der Waals surface area (Å²) in [5, 5.41) is 5.08. The largest absolute Gasteiger partial charge is 0.310 e. The molecule has 52 heavy (non-hydrogen) atoms. The van der Waals surface area contributed by atoms with E-state index in [1.807, 2.05) is 11.3 Å². The van der Waals surface area contributed by atoms with E-state index in [4.69, 9.17) is 6.58 Å². The zero-order chi connectivity index (χ0) is 35.0. The van der Waals surface area contributed by atoms with Crippen molar-refractivity contribution in [3.8, 4) is 22.3 Å². The number of para-hydroxylation sites is 1. The van der Waals surface area contributed by atoms with Crippen LogP contribution in [-0.2, 0) is 5.41 Å². The van der Waals surface area contributed by atoms with Crippen molar-refractivity contribution in [1.82, 2.24) is 0 Å². The fraction of sp³-hybridized carbons (Fsp3) is 0.160. The van der Waals surface area contributed by atoms with E-state index in [0.29, 0.717) is 11.8 Å². The van der Waals surface area contributed by atoms with Crippen LogP contribution in [0, 0.1) is 11.8 Å². The first-order chi connectivity index (χ1) is 25.6. The summed E-state index contributed by atoms with van der Waals surface area (Å²) in [6.45, 7) is 9.66. The molecule has 252 valence electrons. The van der Waals surface area contributed by atoms with Crippen molar-refractivity contribution in [2.24, 2.45) is 11.8 Å². The second-order valence-corrected chi connectivity index (χ2v) is 16.0. The molecule has 7 aromatic carbocycles. The zero-order valence-electron chi connectivity index (χ0n) is 29.8. The molecule has 2 aliphatic rings. The summed E-state index contributed by atoms with van der Waals surface area (Å²) in [7, 11) is 0. The van der Waals surface area contributed by atoms with Gasteiger partial charge in [0.15, 0.2) is 0 Å². The number of thiophene rings is 1. The predicted octanol–water partition coefficient (Wildman–Crippen LogP) is 14.6. The normalized spacial score (nSPS) is 19.4. The lowest BCUT2D eigenvalue weighted by atomic mass is 9.57. The Hall–Kier alpha value is -5.44. The van der Waals surface area contributed by atoms with Crippen LogP contribution in [0.25, 0.3) is 53.2 Å². The molecule has 8 aromatic rings. The number of benzene rings is 7. The standard InChI is InChI=1S/C50H41NS/c1-4-34-28-32(2)50(33(3)29-34)43-19-10-8-16-41(43)48-40(18-12-20-44(48)50)36-25-24-35-26-27-39(31-37(35)30-36)51(38-14-6-5-7-15-38)45-21-13-23-47-49(45)42-17-9-11-22-46(42)52-47/h5-27,30-31,33-34H,2,4,28-29H2,1,3H3. The molecule has 1 fully saturated rings. The number of nitrogens with zero attached hydrogens (tertiary/aromatic N) is 1. The summed E-state index contributed by atoms with van der Waals surface area (Å²) in [6.07, 6.45) is 3.55. The Bertz CT molecular complexity index is 2680. The first-order valence-electron chi connectivity index (χ1n) is 18.8. The first kappa shape index (κ1) is 31.3. The van der Waals surface area contributed by atoms with Gasteiger partial charge in [0.05, 0.1) is 5.69 Å². The third-order valence-electron chi connectivity index (χ3n) is 12.2. The van der Waals surface area contributed by atoms with E-state index in [1.165, 1.54) is 88.4 Å². The number of hydrogen-bond donors (Lipinski definition) is 0. The minimum Gasteiger partial charge on any atom is -0.310 e. The molecule has 1 nitrogen and oxygen atoms in total. The van der Waals surface area contributed by atoms with E-state index in [1.54, 1.807) is 0 Å².